The fourth-order valence-corrected chi connectivity index (χ4v) is 5.11. The third-order valence-corrected chi connectivity index (χ3v) is 7.22. The third kappa shape index (κ3) is 6.72. The number of hydrogen-bond donors (Lipinski definition) is 1. The van der Waals surface area contributed by atoms with Crippen molar-refractivity contribution in [2.45, 2.75) is 18.6 Å². The Kier molecular flexibility index (Phi) is 8.04. The quantitative estimate of drug-likeness (QED) is 0.403. The van der Waals surface area contributed by atoms with Crippen LogP contribution in [0.25, 0.3) is 0 Å². The molecule has 0 saturated heterocycles. The van der Waals surface area contributed by atoms with E-state index in [0.717, 1.165) is 5.56 Å². The van der Waals surface area contributed by atoms with Crippen molar-refractivity contribution >= 4 is 56.2 Å². The highest BCUT2D eigenvalue weighted by atomic mass is 35.5. The summed E-state index contributed by atoms with van der Waals surface area (Å²) in [6.07, 6.45) is 0. The summed E-state index contributed by atoms with van der Waals surface area (Å²) >= 11 is 18.2. The van der Waals surface area contributed by atoms with Crippen molar-refractivity contribution in [1.82, 2.24) is 0 Å². The minimum absolute atomic E-state index is 0.277. The van der Waals surface area contributed by atoms with Crippen LogP contribution < -0.4 is 5.32 Å². The molecule has 0 heterocycles. The highest BCUT2D eigenvalue weighted by Gasteiger charge is 2.21. The smallest absolute Gasteiger partial charge is 0.239 e. The predicted octanol–water partition coefficient (Wildman–Crippen LogP) is 6.16. The number of aryl methyl sites for hydroxylation is 1. The third-order valence-electron chi connectivity index (χ3n) is 4.91. The zero-order valence-electron chi connectivity index (χ0n) is 17.5. The molecule has 5 nitrogen and oxygen atoms in total. The Labute approximate surface area is 207 Å². The van der Waals surface area contributed by atoms with E-state index in [-0.39, 0.29) is 10.8 Å². The van der Waals surface area contributed by atoms with E-state index >= 15 is 0 Å². The van der Waals surface area contributed by atoms with E-state index in [1.54, 1.807) is 61.5 Å². The average molecular weight is 522 g/mol. The molecular weight excluding hydrogens is 503 g/mol. The van der Waals surface area contributed by atoms with Gasteiger partial charge in [0.25, 0.3) is 0 Å². The number of benzene rings is 3. The molecule has 3 aromatic carbocycles. The molecule has 1 unspecified atom stereocenters. The Hall–Kier alpha value is -2.56. The molecule has 0 aliphatic heterocycles. The Morgan fingerprint density at radius 2 is 1.58 bits per heavy atom. The molecule has 0 bridgehead atoms. The first-order valence-corrected chi connectivity index (χ1v) is 12.7. The number of carbonyl (C=O) groups is 1. The Morgan fingerprint density at radius 3 is 2.15 bits per heavy atom. The van der Waals surface area contributed by atoms with Crippen LogP contribution >= 0.6 is 34.8 Å². The second-order valence-electron chi connectivity index (χ2n) is 7.51. The van der Waals surface area contributed by atoms with Crippen molar-refractivity contribution in [3.05, 3.63) is 98.0 Å². The molecule has 170 valence electrons. The first-order chi connectivity index (χ1) is 15.6. The molecule has 0 aliphatic carbocycles. The highest BCUT2D eigenvalue weighted by molar-refractivity contribution is 7.91. The fourth-order valence-electron chi connectivity index (χ4n) is 3.31. The molecule has 0 aromatic heterocycles. The van der Waals surface area contributed by atoms with Gasteiger partial charge in [-0.1, -0.05) is 65.1 Å². The number of rotatable bonds is 7. The Bertz CT molecular complexity index is 1320. The first-order valence-electron chi connectivity index (χ1n) is 9.78. The summed E-state index contributed by atoms with van der Waals surface area (Å²) in [4.78, 5) is 12.4. The lowest BCUT2D eigenvalue weighted by molar-refractivity contribution is -0.113. The minimum atomic E-state index is -3.70. The Morgan fingerprint density at radius 1 is 1.00 bits per heavy atom. The van der Waals surface area contributed by atoms with Gasteiger partial charge in [0.05, 0.1) is 17.7 Å². The largest absolute Gasteiger partial charge is 0.325 e. The molecule has 0 saturated carbocycles. The van der Waals surface area contributed by atoms with Crippen LogP contribution in [0.5, 0.6) is 0 Å². The first kappa shape index (κ1) is 25.1. The normalized spacial score (nSPS) is 12.1. The van der Waals surface area contributed by atoms with E-state index in [2.05, 4.69) is 11.4 Å². The van der Waals surface area contributed by atoms with E-state index in [1.807, 2.05) is 0 Å². The zero-order valence-corrected chi connectivity index (χ0v) is 20.6. The molecule has 0 aliphatic rings. The number of hydrogen-bond acceptors (Lipinski definition) is 4. The van der Waals surface area contributed by atoms with Crippen molar-refractivity contribution in [2.75, 3.05) is 11.1 Å². The molecule has 0 spiro atoms. The van der Waals surface area contributed by atoms with Crippen LogP contribution in [0.1, 0.15) is 28.2 Å². The molecule has 1 amide bonds. The molecule has 3 rings (SSSR count). The molecule has 1 atom stereocenters. The summed E-state index contributed by atoms with van der Waals surface area (Å²) in [7, 11) is -3.70. The molecule has 1 N–H and O–H groups in total. The van der Waals surface area contributed by atoms with Gasteiger partial charge in [0, 0.05) is 20.8 Å². The second kappa shape index (κ2) is 10.6. The van der Waals surface area contributed by atoms with E-state index < -0.39 is 27.4 Å². The van der Waals surface area contributed by atoms with Crippen molar-refractivity contribution in [3.63, 3.8) is 0 Å². The topological polar surface area (TPSA) is 87.0 Å². The monoisotopic (exact) mass is 520 g/mol. The minimum Gasteiger partial charge on any atom is -0.325 e. The van der Waals surface area contributed by atoms with Crippen LogP contribution in [0, 0.1) is 18.3 Å². The summed E-state index contributed by atoms with van der Waals surface area (Å²) in [5.74, 6) is -2.26. The zero-order chi connectivity index (χ0) is 24.2. The number of sulfone groups is 1. The van der Waals surface area contributed by atoms with Gasteiger partial charge in [0.15, 0.2) is 9.84 Å². The van der Waals surface area contributed by atoms with Gasteiger partial charge in [0.2, 0.25) is 5.91 Å². The van der Waals surface area contributed by atoms with Crippen LogP contribution in [0.15, 0.2) is 60.7 Å². The fraction of sp³-hybridized carbons (Fsp3) is 0.167. The van der Waals surface area contributed by atoms with Gasteiger partial charge in [-0.05, 0) is 59.5 Å². The van der Waals surface area contributed by atoms with Gasteiger partial charge in [-0.15, -0.1) is 0 Å². The second-order valence-corrected chi connectivity index (χ2v) is 10.9. The average Bonchev–Trinajstić information content (AvgIpc) is 2.74. The Balaban J connectivity index is 1.75. The van der Waals surface area contributed by atoms with Crippen LogP contribution in [0.4, 0.5) is 5.69 Å². The van der Waals surface area contributed by atoms with E-state index in [1.165, 1.54) is 6.07 Å². The molecule has 0 fully saturated rings. The van der Waals surface area contributed by atoms with Crippen LogP contribution in [0.2, 0.25) is 15.1 Å². The lowest BCUT2D eigenvalue weighted by atomic mass is 9.91. The maximum Gasteiger partial charge on any atom is 0.239 e. The standard InChI is InChI=1S/C24H19Cl3N2O3S/c1-15-10-20(21(12-28)17-4-8-19(26)9-5-17)22(27)11-23(15)29-24(30)14-33(31,32)13-16-2-6-18(25)7-3-16/h2-11,21H,13-14H2,1H3,(H,29,30). The van der Waals surface area contributed by atoms with Crippen molar-refractivity contribution in [2.24, 2.45) is 0 Å². The highest BCUT2D eigenvalue weighted by Crippen LogP contribution is 2.34. The van der Waals surface area contributed by atoms with E-state index in [0.29, 0.717) is 32.4 Å². The van der Waals surface area contributed by atoms with Gasteiger partial charge in [-0.3, -0.25) is 4.79 Å². The SMILES string of the molecule is Cc1cc(C(C#N)c2ccc(Cl)cc2)c(Cl)cc1NC(=O)CS(=O)(=O)Cc1ccc(Cl)cc1. The molecule has 9 heteroatoms. The van der Waals surface area contributed by atoms with Gasteiger partial charge >= 0.3 is 0 Å². The van der Waals surface area contributed by atoms with E-state index in [9.17, 15) is 18.5 Å². The number of halogens is 3. The molecule has 33 heavy (non-hydrogen) atoms. The summed E-state index contributed by atoms with van der Waals surface area (Å²) in [6.45, 7) is 1.74. The molecule has 3 aromatic rings. The van der Waals surface area contributed by atoms with Crippen molar-refractivity contribution in [1.29, 1.82) is 5.26 Å². The van der Waals surface area contributed by atoms with Crippen molar-refractivity contribution < 1.29 is 13.2 Å². The number of nitrogens with zero attached hydrogens (tertiary/aromatic N) is 1. The van der Waals surface area contributed by atoms with Gasteiger partial charge in [-0.25, -0.2) is 8.42 Å². The molecule has 0 radical (unpaired) electrons. The number of nitriles is 1. The summed E-state index contributed by atoms with van der Waals surface area (Å²) in [5.41, 5.74) is 2.87. The van der Waals surface area contributed by atoms with E-state index in [4.69, 9.17) is 34.8 Å². The van der Waals surface area contributed by atoms with Crippen LogP contribution in [-0.4, -0.2) is 20.1 Å². The maximum atomic E-state index is 12.4. The van der Waals surface area contributed by atoms with Gasteiger partial charge in [0.1, 0.15) is 5.75 Å². The van der Waals surface area contributed by atoms with Crippen LogP contribution in [-0.2, 0) is 20.4 Å². The number of nitrogens with one attached hydrogen (secondary N) is 1. The number of carbonyl (C=O) groups excluding carboxylic acids is 1. The summed E-state index contributed by atoms with van der Waals surface area (Å²) < 4.78 is 24.9. The van der Waals surface area contributed by atoms with Gasteiger partial charge in [-0.2, -0.15) is 5.26 Å². The maximum absolute atomic E-state index is 12.4. The lowest BCUT2D eigenvalue weighted by Gasteiger charge is -2.16. The molecular formula is C24H19Cl3N2O3S. The summed E-state index contributed by atoms with van der Waals surface area (Å²) in [5, 5.41) is 13.7. The number of amides is 1. The predicted molar refractivity (Wildman–Crippen MR) is 133 cm³/mol. The van der Waals surface area contributed by atoms with Gasteiger partial charge < -0.3 is 5.32 Å². The number of anilines is 1. The van der Waals surface area contributed by atoms with Crippen molar-refractivity contribution in [3.8, 4) is 6.07 Å². The summed E-state index contributed by atoms with van der Waals surface area (Å²) in [6, 6.07) is 18.8. The lowest BCUT2D eigenvalue weighted by Crippen LogP contribution is -2.24. The van der Waals surface area contributed by atoms with Crippen LogP contribution in [0.3, 0.4) is 0 Å².